The summed E-state index contributed by atoms with van der Waals surface area (Å²) in [5, 5.41) is 0. The van der Waals surface area contributed by atoms with Crippen molar-refractivity contribution in [1.82, 2.24) is 0 Å². The Labute approximate surface area is 78.1 Å². The summed E-state index contributed by atoms with van der Waals surface area (Å²) in [5.74, 6) is 0.513. The lowest BCUT2D eigenvalue weighted by molar-refractivity contribution is 1.47. The monoisotopic (exact) mass is 172 g/mol. The largest absolute Gasteiger partial charge is 0.383 e. The lowest BCUT2D eigenvalue weighted by atomic mass is 10.2. The Kier molecular flexibility index (Phi) is 3.51. The zero-order chi connectivity index (χ0) is 9.52. The number of nitrogens with two attached hydrogens (primary N) is 1. The summed E-state index contributed by atoms with van der Waals surface area (Å²) in [6.45, 7) is 3.53. The van der Waals surface area contributed by atoms with Gasteiger partial charge < -0.3 is 5.73 Å². The SMILES string of the molecule is C=C/C=C\N=C(N)c1ccccc1. The van der Waals surface area contributed by atoms with Crippen LogP contribution in [-0.4, -0.2) is 5.84 Å². The van der Waals surface area contributed by atoms with E-state index in [9.17, 15) is 0 Å². The molecule has 2 nitrogen and oxygen atoms in total. The minimum atomic E-state index is 0.513. The Morgan fingerprint density at radius 3 is 2.62 bits per heavy atom. The Morgan fingerprint density at radius 1 is 1.31 bits per heavy atom. The van der Waals surface area contributed by atoms with Crippen LogP contribution in [0, 0.1) is 0 Å². The fourth-order valence-corrected chi connectivity index (χ4v) is 0.868. The maximum Gasteiger partial charge on any atom is 0.130 e. The average Bonchev–Trinajstić information content (AvgIpc) is 2.19. The highest BCUT2D eigenvalue weighted by molar-refractivity contribution is 5.97. The fourth-order valence-electron chi connectivity index (χ4n) is 0.868. The molecule has 2 N–H and O–H groups in total. The van der Waals surface area contributed by atoms with E-state index < -0.39 is 0 Å². The molecule has 1 aromatic carbocycles. The molecule has 0 amide bonds. The summed E-state index contributed by atoms with van der Waals surface area (Å²) in [4.78, 5) is 4.03. The first kappa shape index (κ1) is 9.26. The van der Waals surface area contributed by atoms with Crippen LogP contribution in [0.15, 0.2) is 60.3 Å². The van der Waals surface area contributed by atoms with Crippen molar-refractivity contribution in [2.45, 2.75) is 0 Å². The van der Waals surface area contributed by atoms with Crippen molar-refractivity contribution >= 4 is 5.84 Å². The molecule has 0 aromatic heterocycles. The van der Waals surface area contributed by atoms with Gasteiger partial charge in [-0.05, 0) is 6.08 Å². The normalized spacial score (nSPS) is 11.8. The molecule has 0 fully saturated rings. The zero-order valence-corrected chi connectivity index (χ0v) is 7.35. The van der Waals surface area contributed by atoms with Gasteiger partial charge in [0.2, 0.25) is 0 Å². The second-order valence-corrected chi connectivity index (χ2v) is 2.46. The first-order chi connectivity index (χ1) is 6.34. The van der Waals surface area contributed by atoms with Gasteiger partial charge in [0.1, 0.15) is 5.84 Å². The van der Waals surface area contributed by atoms with Crippen molar-refractivity contribution in [2.75, 3.05) is 0 Å². The van der Waals surface area contributed by atoms with Gasteiger partial charge in [-0.25, -0.2) is 4.99 Å². The molecule has 1 rings (SSSR count). The fraction of sp³-hybridized carbons (Fsp3) is 0. The molecule has 0 bridgehead atoms. The Balaban J connectivity index is 2.79. The van der Waals surface area contributed by atoms with Gasteiger partial charge in [0.15, 0.2) is 0 Å². The highest BCUT2D eigenvalue weighted by atomic mass is 14.8. The summed E-state index contributed by atoms with van der Waals surface area (Å²) in [7, 11) is 0. The maximum absolute atomic E-state index is 5.70. The van der Waals surface area contributed by atoms with Gasteiger partial charge in [-0.1, -0.05) is 43.0 Å². The predicted octanol–water partition coefficient (Wildman–Crippen LogP) is 2.09. The third-order valence-corrected chi connectivity index (χ3v) is 1.51. The maximum atomic E-state index is 5.70. The van der Waals surface area contributed by atoms with E-state index in [4.69, 9.17) is 5.73 Å². The third-order valence-electron chi connectivity index (χ3n) is 1.51. The molecule has 0 aliphatic carbocycles. The number of hydrogen-bond donors (Lipinski definition) is 1. The molecule has 0 aliphatic rings. The smallest absolute Gasteiger partial charge is 0.130 e. The van der Waals surface area contributed by atoms with E-state index in [1.165, 1.54) is 0 Å². The van der Waals surface area contributed by atoms with E-state index in [-0.39, 0.29) is 0 Å². The van der Waals surface area contributed by atoms with E-state index in [0.717, 1.165) is 5.56 Å². The number of hydrogen-bond acceptors (Lipinski definition) is 1. The molecule has 0 heterocycles. The predicted molar refractivity (Wildman–Crippen MR) is 56.5 cm³/mol. The van der Waals surface area contributed by atoms with Crippen LogP contribution in [0.1, 0.15) is 5.56 Å². The topological polar surface area (TPSA) is 38.4 Å². The number of aliphatic imine (C=N–C) groups is 1. The summed E-state index contributed by atoms with van der Waals surface area (Å²) >= 11 is 0. The molecule has 2 heteroatoms. The van der Waals surface area contributed by atoms with Crippen LogP contribution in [-0.2, 0) is 0 Å². The zero-order valence-electron chi connectivity index (χ0n) is 7.35. The molecule has 0 saturated carbocycles. The third kappa shape index (κ3) is 2.95. The minimum absolute atomic E-state index is 0.513. The van der Waals surface area contributed by atoms with E-state index in [2.05, 4.69) is 11.6 Å². The molecule has 0 radical (unpaired) electrons. The van der Waals surface area contributed by atoms with Crippen molar-refractivity contribution in [3.8, 4) is 0 Å². The van der Waals surface area contributed by atoms with Crippen molar-refractivity contribution in [3.63, 3.8) is 0 Å². The van der Waals surface area contributed by atoms with E-state index in [1.54, 1.807) is 18.4 Å². The molecule has 66 valence electrons. The van der Waals surface area contributed by atoms with Crippen LogP contribution in [0.5, 0.6) is 0 Å². The highest BCUT2D eigenvalue weighted by Crippen LogP contribution is 1.97. The molecule has 13 heavy (non-hydrogen) atoms. The molecule has 0 saturated heterocycles. The highest BCUT2D eigenvalue weighted by Gasteiger charge is 1.92. The number of benzene rings is 1. The van der Waals surface area contributed by atoms with Crippen LogP contribution < -0.4 is 5.73 Å². The molecule has 0 atom stereocenters. The molecular formula is C11H12N2. The van der Waals surface area contributed by atoms with Crippen LogP contribution in [0.2, 0.25) is 0 Å². The summed E-state index contributed by atoms with van der Waals surface area (Å²) in [5.41, 5.74) is 6.63. The first-order valence-corrected chi connectivity index (χ1v) is 4.01. The van der Waals surface area contributed by atoms with Gasteiger partial charge in [-0.2, -0.15) is 0 Å². The van der Waals surface area contributed by atoms with E-state index >= 15 is 0 Å². The Morgan fingerprint density at radius 2 is 2.00 bits per heavy atom. The van der Waals surface area contributed by atoms with Gasteiger partial charge in [-0.15, -0.1) is 0 Å². The van der Waals surface area contributed by atoms with Gasteiger partial charge in [0, 0.05) is 11.8 Å². The van der Waals surface area contributed by atoms with E-state index in [1.807, 2.05) is 30.3 Å². The number of rotatable bonds is 3. The van der Waals surface area contributed by atoms with Crippen LogP contribution in [0.25, 0.3) is 0 Å². The second kappa shape index (κ2) is 4.93. The van der Waals surface area contributed by atoms with Crippen molar-refractivity contribution in [2.24, 2.45) is 10.7 Å². The summed E-state index contributed by atoms with van der Waals surface area (Å²) in [6.07, 6.45) is 5.01. The molecule has 0 aliphatic heterocycles. The standard InChI is InChI=1S/C11H12N2/c1-2-3-9-13-11(12)10-7-5-4-6-8-10/h2-9H,1H2,(H2,12,13)/b9-3-. The average molecular weight is 172 g/mol. The molecular weight excluding hydrogens is 160 g/mol. The molecule has 1 aromatic rings. The van der Waals surface area contributed by atoms with Crippen LogP contribution in [0.4, 0.5) is 0 Å². The van der Waals surface area contributed by atoms with Crippen LogP contribution >= 0.6 is 0 Å². The first-order valence-electron chi connectivity index (χ1n) is 4.01. The van der Waals surface area contributed by atoms with Crippen molar-refractivity contribution < 1.29 is 0 Å². The van der Waals surface area contributed by atoms with Gasteiger partial charge in [-0.3, -0.25) is 0 Å². The molecule has 0 spiro atoms. The number of allylic oxidation sites excluding steroid dienone is 2. The van der Waals surface area contributed by atoms with Crippen molar-refractivity contribution in [1.29, 1.82) is 0 Å². The Hall–Kier alpha value is -1.83. The number of nitrogens with zero attached hydrogens (tertiary/aromatic N) is 1. The van der Waals surface area contributed by atoms with Gasteiger partial charge >= 0.3 is 0 Å². The lowest BCUT2D eigenvalue weighted by Crippen LogP contribution is -2.12. The molecule has 0 unspecified atom stereocenters. The lowest BCUT2D eigenvalue weighted by Gasteiger charge is -1.96. The summed E-state index contributed by atoms with van der Waals surface area (Å²) in [6, 6.07) is 9.63. The van der Waals surface area contributed by atoms with Gasteiger partial charge in [0.25, 0.3) is 0 Å². The second-order valence-electron chi connectivity index (χ2n) is 2.46. The number of amidine groups is 1. The minimum Gasteiger partial charge on any atom is -0.383 e. The quantitative estimate of drug-likeness (QED) is 0.423. The van der Waals surface area contributed by atoms with Crippen molar-refractivity contribution in [3.05, 3.63) is 60.8 Å². The van der Waals surface area contributed by atoms with Gasteiger partial charge in [0.05, 0.1) is 0 Å². The van der Waals surface area contributed by atoms with Crippen LogP contribution in [0.3, 0.4) is 0 Å². The summed E-state index contributed by atoms with van der Waals surface area (Å²) < 4.78 is 0. The Bertz CT molecular complexity index is 323. The van der Waals surface area contributed by atoms with E-state index in [0.29, 0.717) is 5.84 Å².